The maximum absolute atomic E-state index is 9.27. The molecule has 42 heavy (non-hydrogen) atoms. The first-order valence-electron chi connectivity index (χ1n) is 16.8. The second kappa shape index (κ2) is 21.3. The molecule has 2 saturated carbocycles. The van der Waals surface area contributed by atoms with Gasteiger partial charge in [-0.1, -0.05) is 70.4 Å². The quantitative estimate of drug-likeness (QED) is 0.200. The molecule has 1 unspecified atom stereocenters. The lowest BCUT2D eigenvalue weighted by atomic mass is 9.77. The molecule has 0 bridgehead atoms. The Labute approximate surface area is 257 Å². The first kappa shape index (κ1) is 35.7. The summed E-state index contributed by atoms with van der Waals surface area (Å²) in [5, 5.41) is 9.27. The van der Waals surface area contributed by atoms with E-state index in [0.29, 0.717) is 12.4 Å². The Morgan fingerprint density at radius 3 is 1.52 bits per heavy atom. The fourth-order valence-electron chi connectivity index (χ4n) is 6.53. The zero-order valence-corrected chi connectivity index (χ0v) is 27.4. The van der Waals surface area contributed by atoms with Gasteiger partial charge in [0.2, 0.25) is 0 Å². The van der Waals surface area contributed by atoms with Crippen LogP contribution in [0.25, 0.3) is 0 Å². The largest absolute Gasteiger partial charge is 0.508 e. The lowest BCUT2D eigenvalue weighted by Crippen LogP contribution is -2.16. The average Bonchev–Trinajstić information content (AvgIpc) is 3.00. The molecule has 1 atom stereocenters. The molecule has 2 aliphatic carbocycles. The van der Waals surface area contributed by atoms with Crippen LogP contribution in [0.4, 0.5) is 0 Å². The summed E-state index contributed by atoms with van der Waals surface area (Å²) < 4.78 is 15.7. The van der Waals surface area contributed by atoms with Crippen molar-refractivity contribution in [3.8, 4) is 11.5 Å². The van der Waals surface area contributed by atoms with E-state index >= 15 is 0 Å². The van der Waals surface area contributed by atoms with Crippen molar-refractivity contribution < 1.29 is 19.3 Å². The van der Waals surface area contributed by atoms with Crippen LogP contribution in [0.1, 0.15) is 135 Å². The lowest BCUT2D eigenvalue weighted by molar-refractivity contribution is -0.0613. The Balaban J connectivity index is 0.000000259. The second-order valence-electron chi connectivity index (χ2n) is 11.9. The number of hydrogen-bond acceptors (Lipinski definition) is 4. The molecule has 0 amide bonds. The fraction of sp³-hybridized carbons (Fsp3) is 0.632. The highest BCUT2D eigenvalue weighted by Crippen LogP contribution is 2.39. The topological polar surface area (TPSA) is 47.9 Å². The molecule has 4 rings (SSSR count). The van der Waals surface area contributed by atoms with Gasteiger partial charge in [0.25, 0.3) is 0 Å². The number of phenols is 1. The van der Waals surface area contributed by atoms with Crippen molar-refractivity contribution >= 4 is 0 Å². The molecule has 0 spiro atoms. The van der Waals surface area contributed by atoms with Gasteiger partial charge in [0.05, 0.1) is 12.9 Å². The molecule has 4 nitrogen and oxygen atoms in total. The van der Waals surface area contributed by atoms with Gasteiger partial charge in [0.15, 0.2) is 6.29 Å². The van der Waals surface area contributed by atoms with Crippen LogP contribution in [-0.2, 0) is 9.47 Å². The molecule has 0 aromatic heterocycles. The first-order valence-corrected chi connectivity index (χ1v) is 16.8. The average molecular weight is 581 g/mol. The van der Waals surface area contributed by atoms with Crippen LogP contribution < -0.4 is 4.74 Å². The minimum Gasteiger partial charge on any atom is -0.508 e. The van der Waals surface area contributed by atoms with Gasteiger partial charge in [0, 0.05) is 6.61 Å². The number of rotatable bonds is 12. The molecule has 2 fully saturated rings. The molecule has 0 heterocycles. The molecule has 0 aliphatic heterocycles. The monoisotopic (exact) mass is 580 g/mol. The van der Waals surface area contributed by atoms with Crippen LogP contribution in [0, 0.1) is 11.8 Å². The van der Waals surface area contributed by atoms with Gasteiger partial charge in [-0.25, -0.2) is 0 Å². The highest BCUT2D eigenvalue weighted by molar-refractivity contribution is 5.30. The number of benzene rings is 2. The minimum atomic E-state index is -0.176. The number of hydrogen-bond donors (Lipinski definition) is 1. The molecular weight excluding hydrogens is 520 g/mol. The van der Waals surface area contributed by atoms with Gasteiger partial charge >= 0.3 is 0 Å². The van der Waals surface area contributed by atoms with E-state index in [4.69, 9.17) is 9.47 Å². The molecule has 2 aliphatic rings. The van der Waals surface area contributed by atoms with Crippen LogP contribution >= 0.6 is 0 Å². The van der Waals surface area contributed by atoms with Gasteiger partial charge < -0.3 is 19.3 Å². The first-order chi connectivity index (χ1) is 20.4. The van der Waals surface area contributed by atoms with E-state index in [1.165, 1.54) is 94.4 Å². The minimum absolute atomic E-state index is 0.176. The summed E-state index contributed by atoms with van der Waals surface area (Å²) >= 11 is 0. The predicted molar refractivity (Wildman–Crippen MR) is 177 cm³/mol. The van der Waals surface area contributed by atoms with Crippen molar-refractivity contribution in [3.05, 3.63) is 72.5 Å². The van der Waals surface area contributed by atoms with Crippen LogP contribution in [0.3, 0.4) is 0 Å². The van der Waals surface area contributed by atoms with Gasteiger partial charge in [-0.2, -0.15) is 0 Å². The molecule has 1 N–H and O–H groups in total. The predicted octanol–water partition coefficient (Wildman–Crippen LogP) is 11.2. The molecular formula is C38H60O4. The Kier molecular flexibility index (Phi) is 18.1. The number of phenolic OH excluding ortho intramolecular Hbond substituents is 1. The Morgan fingerprint density at radius 2 is 1.17 bits per heavy atom. The summed E-state index contributed by atoms with van der Waals surface area (Å²) in [4.78, 5) is 0. The summed E-state index contributed by atoms with van der Waals surface area (Å²) in [7, 11) is 0. The molecule has 2 aromatic rings. The van der Waals surface area contributed by atoms with E-state index in [-0.39, 0.29) is 6.29 Å². The lowest BCUT2D eigenvalue weighted by Gasteiger charge is -2.28. The van der Waals surface area contributed by atoms with Gasteiger partial charge in [-0.15, -0.1) is 0 Å². The van der Waals surface area contributed by atoms with Crippen molar-refractivity contribution in [3.63, 3.8) is 0 Å². The van der Waals surface area contributed by atoms with Crippen molar-refractivity contribution in [2.75, 3.05) is 13.2 Å². The van der Waals surface area contributed by atoms with E-state index in [1.54, 1.807) is 0 Å². The highest BCUT2D eigenvalue weighted by Gasteiger charge is 2.22. The van der Waals surface area contributed by atoms with E-state index in [1.807, 2.05) is 32.9 Å². The summed E-state index contributed by atoms with van der Waals surface area (Å²) in [5.41, 5.74) is 2.88. The molecule has 0 radical (unpaired) electrons. The Morgan fingerprint density at radius 1 is 0.714 bits per heavy atom. The highest BCUT2D eigenvalue weighted by atomic mass is 16.7. The molecule has 4 heteroatoms. The fourth-order valence-corrected chi connectivity index (χ4v) is 6.53. The number of aromatic hydroxyl groups is 1. The standard InChI is InChI=1S/C19H30O2.C15H22O.C4H8O/c1-4-6-16-7-9-17(10-8-16)18-11-13-19(14-12-18)21-15(3)20-5-2;1-2-3-12-4-6-13(7-5-12)14-8-10-15(16)11-9-14;1-3-5-4-2/h11-17H,4-10H2,1-3H3;8-13,16H,2-7H2,1H3;3H,1,4H2,2H3. The zero-order chi connectivity index (χ0) is 30.6. The molecule has 0 saturated heterocycles. The third-order valence-corrected chi connectivity index (χ3v) is 8.79. The van der Waals surface area contributed by atoms with Crippen molar-refractivity contribution in [2.45, 2.75) is 130 Å². The Hall–Kier alpha value is -2.46. The van der Waals surface area contributed by atoms with E-state index in [9.17, 15) is 5.11 Å². The van der Waals surface area contributed by atoms with Crippen LogP contribution in [0.2, 0.25) is 0 Å². The maximum atomic E-state index is 9.27. The summed E-state index contributed by atoms with van der Waals surface area (Å²) in [6, 6.07) is 16.4. The third kappa shape index (κ3) is 13.7. The van der Waals surface area contributed by atoms with Crippen molar-refractivity contribution in [1.29, 1.82) is 0 Å². The van der Waals surface area contributed by atoms with Gasteiger partial charge in [0.1, 0.15) is 11.5 Å². The van der Waals surface area contributed by atoms with Crippen LogP contribution in [0.5, 0.6) is 11.5 Å². The van der Waals surface area contributed by atoms with Gasteiger partial charge in [-0.3, -0.25) is 0 Å². The smallest absolute Gasteiger partial charge is 0.196 e. The SMILES string of the molecule is C=COCC.CCCC1CCC(c2ccc(O)cc2)CC1.CCCC1CCC(c2ccc(OC(C)OCC)cc2)CC1. The van der Waals surface area contributed by atoms with Crippen LogP contribution in [-0.4, -0.2) is 24.6 Å². The second-order valence-corrected chi connectivity index (χ2v) is 11.9. The molecule has 236 valence electrons. The third-order valence-electron chi connectivity index (χ3n) is 8.79. The zero-order valence-electron chi connectivity index (χ0n) is 27.4. The van der Waals surface area contributed by atoms with Crippen molar-refractivity contribution in [2.24, 2.45) is 11.8 Å². The summed E-state index contributed by atoms with van der Waals surface area (Å²) in [5.74, 6) is 4.70. The summed E-state index contributed by atoms with van der Waals surface area (Å²) in [6.07, 6.45) is 17.7. The summed E-state index contributed by atoms with van der Waals surface area (Å²) in [6.45, 7) is 15.2. The Bertz CT molecular complexity index is 923. The number of ether oxygens (including phenoxy) is 3. The van der Waals surface area contributed by atoms with E-state index < -0.39 is 0 Å². The van der Waals surface area contributed by atoms with Crippen molar-refractivity contribution in [1.82, 2.24) is 0 Å². The van der Waals surface area contributed by atoms with Crippen LogP contribution in [0.15, 0.2) is 61.4 Å². The maximum Gasteiger partial charge on any atom is 0.196 e. The van der Waals surface area contributed by atoms with E-state index in [2.05, 4.69) is 61.6 Å². The normalized spacial score (nSPS) is 22.4. The van der Waals surface area contributed by atoms with E-state index in [0.717, 1.165) is 36.0 Å². The molecule has 2 aromatic carbocycles. The van der Waals surface area contributed by atoms with Gasteiger partial charge in [-0.05, 0) is 131 Å².